The Balaban J connectivity index is 2.63. The number of esters is 1. The minimum atomic E-state index is -0.306. The summed E-state index contributed by atoms with van der Waals surface area (Å²) in [6, 6.07) is 4.33. The zero-order valence-electron chi connectivity index (χ0n) is 7.42. The lowest BCUT2D eigenvalue weighted by Gasteiger charge is -2.02. The fourth-order valence-electron chi connectivity index (χ4n) is 0.788. The maximum absolute atomic E-state index is 12.7. The molecule has 0 aliphatic rings. The quantitative estimate of drug-likeness (QED) is 0.628. The molecule has 1 rings (SSSR count). The predicted octanol–water partition coefficient (Wildman–Crippen LogP) is 2.85. The molecule has 0 saturated carbocycles. The van der Waals surface area contributed by atoms with Crippen molar-refractivity contribution in [3.8, 4) is 0 Å². The van der Waals surface area contributed by atoms with Crippen LogP contribution < -0.4 is 0 Å². The van der Waals surface area contributed by atoms with Gasteiger partial charge in [-0.05, 0) is 34.1 Å². The fraction of sp³-hybridized carbons (Fsp3) is 0.222. The average Bonchev–Trinajstić information content (AvgIpc) is 2.16. The Morgan fingerprint density at radius 1 is 1.64 bits per heavy atom. The topological polar surface area (TPSA) is 26.3 Å². The van der Waals surface area contributed by atoms with Crippen LogP contribution in [0.4, 0.5) is 4.39 Å². The highest BCUT2D eigenvalue weighted by Crippen LogP contribution is 2.27. The van der Waals surface area contributed by atoms with Gasteiger partial charge in [0.25, 0.3) is 0 Å². The molecule has 0 saturated heterocycles. The maximum atomic E-state index is 12.7. The van der Waals surface area contributed by atoms with E-state index in [2.05, 4.69) is 20.7 Å². The summed E-state index contributed by atoms with van der Waals surface area (Å²) >= 11 is 4.51. The van der Waals surface area contributed by atoms with Crippen molar-refractivity contribution in [2.75, 3.05) is 12.9 Å². The molecule has 0 amide bonds. The van der Waals surface area contributed by atoms with Crippen LogP contribution in [0.3, 0.4) is 0 Å². The molecule has 14 heavy (non-hydrogen) atoms. The van der Waals surface area contributed by atoms with E-state index in [1.54, 1.807) is 6.07 Å². The molecule has 0 fully saturated rings. The number of carbonyl (C=O) groups is 1. The molecule has 1 aromatic rings. The van der Waals surface area contributed by atoms with Crippen LogP contribution in [-0.2, 0) is 9.53 Å². The highest BCUT2D eigenvalue weighted by molar-refractivity contribution is 9.10. The second-order valence-corrected chi connectivity index (χ2v) is 4.31. The van der Waals surface area contributed by atoms with Crippen molar-refractivity contribution >= 4 is 33.7 Å². The van der Waals surface area contributed by atoms with Crippen molar-refractivity contribution < 1.29 is 13.9 Å². The third kappa shape index (κ3) is 3.31. The number of methoxy groups -OCH3 is 1. The van der Waals surface area contributed by atoms with Gasteiger partial charge in [-0.3, -0.25) is 4.79 Å². The van der Waals surface area contributed by atoms with Crippen LogP contribution in [0.2, 0.25) is 0 Å². The standard InChI is InChI=1S/C9H8BrFO2S/c1-13-9(12)5-14-8-3-2-6(11)4-7(8)10/h2-4H,5H2,1H3. The normalized spacial score (nSPS) is 9.93. The van der Waals surface area contributed by atoms with Gasteiger partial charge in [-0.15, -0.1) is 11.8 Å². The predicted molar refractivity (Wildman–Crippen MR) is 56.8 cm³/mol. The van der Waals surface area contributed by atoms with Gasteiger partial charge in [0.15, 0.2) is 0 Å². The third-order valence-corrected chi connectivity index (χ3v) is 3.43. The van der Waals surface area contributed by atoms with Crippen LogP contribution in [0.15, 0.2) is 27.6 Å². The largest absolute Gasteiger partial charge is 0.468 e. The van der Waals surface area contributed by atoms with Crippen molar-refractivity contribution in [3.05, 3.63) is 28.5 Å². The molecule has 0 N–H and O–H groups in total. The zero-order valence-corrected chi connectivity index (χ0v) is 9.82. The maximum Gasteiger partial charge on any atom is 0.315 e. The van der Waals surface area contributed by atoms with Gasteiger partial charge in [-0.2, -0.15) is 0 Å². The molecule has 0 heterocycles. The fourth-order valence-corrected chi connectivity index (χ4v) is 2.23. The molecule has 0 aliphatic heterocycles. The lowest BCUT2D eigenvalue weighted by atomic mass is 10.3. The lowest BCUT2D eigenvalue weighted by molar-refractivity contribution is -0.137. The van der Waals surface area contributed by atoms with E-state index in [1.807, 2.05) is 0 Å². The number of hydrogen-bond acceptors (Lipinski definition) is 3. The van der Waals surface area contributed by atoms with Crippen molar-refractivity contribution in [2.45, 2.75) is 4.90 Å². The molecule has 0 unspecified atom stereocenters. The van der Waals surface area contributed by atoms with Gasteiger partial charge < -0.3 is 4.74 Å². The van der Waals surface area contributed by atoms with E-state index >= 15 is 0 Å². The molecule has 0 aromatic heterocycles. The number of rotatable bonds is 3. The monoisotopic (exact) mass is 278 g/mol. The molecule has 0 atom stereocenters. The number of carbonyl (C=O) groups excluding carboxylic acids is 1. The molecule has 2 nitrogen and oxygen atoms in total. The Kier molecular flexibility index (Phi) is 4.41. The van der Waals surface area contributed by atoms with Crippen LogP contribution in [0.1, 0.15) is 0 Å². The number of halogens is 2. The van der Waals surface area contributed by atoms with Gasteiger partial charge >= 0.3 is 5.97 Å². The van der Waals surface area contributed by atoms with Gasteiger partial charge in [-0.25, -0.2) is 4.39 Å². The van der Waals surface area contributed by atoms with E-state index in [1.165, 1.54) is 31.0 Å². The number of benzene rings is 1. The molecule has 5 heteroatoms. The zero-order chi connectivity index (χ0) is 10.6. The Morgan fingerprint density at radius 3 is 2.93 bits per heavy atom. The first-order chi connectivity index (χ1) is 6.63. The highest BCUT2D eigenvalue weighted by Gasteiger charge is 2.05. The Hall–Kier alpha value is -0.550. The minimum absolute atomic E-state index is 0.223. The first-order valence-corrected chi connectivity index (χ1v) is 5.56. The lowest BCUT2D eigenvalue weighted by Crippen LogP contribution is -2.02. The second kappa shape index (κ2) is 5.36. The minimum Gasteiger partial charge on any atom is -0.468 e. The van der Waals surface area contributed by atoms with Crippen molar-refractivity contribution in [2.24, 2.45) is 0 Å². The summed E-state index contributed by atoms with van der Waals surface area (Å²) in [5.41, 5.74) is 0. The van der Waals surface area contributed by atoms with E-state index in [0.29, 0.717) is 4.47 Å². The van der Waals surface area contributed by atoms with Gasteiger partial charge in [-0.1, -0.05) is 0 Å². The van der Waals surface area contributed by atoms with Crippen LogP contribution in [0.25, 0.3) is 0 Å². The summed E-state index contributed by atoms with van der Waals surface area (Å²) in [4.78, 5) is 11.6. The van der Waals surface area contributed by atoms with Gasteiger partial charge in [0.05, 0.1) is 12.9 Å². The van der Waals surface area contributed by atoms with E-state index in [0.717, 1.165) is 4.90 Å². The first kappa shape index (κ1) is 11.5. The summed E-state index contributed by atoms with van der Waals surface area (Å²) in [5, 5.41) is 0. The molecule has 0 aliphatic carbocycles. The van der Waals surface area contributed by atoms with Crippen molar-refractivity contribution in [1.29, 1.82) is 0 Å². The molecular formula is C9H8BrFO2S. The Bertz CT molecular complexity index is 344. The Labute approximate surface area is 94.0 Å². The second-order valence-electron chi connectivity index (χ2n) is 2.44. The van der Waals surface area contributed by atoms with Crippen molar-refractivity contribution in [1.82, 2.24) is 0 Å². The SMILES string of the molecule is COC(=O)CSc1ccc(F)cc1Br. The summed E-state index contributed by atoms with van der Waals surface area (Å²) in [6.45, 7) is 0. The van der Waals surface area contributed by atoms with E-state index in [9.17, 15) is 9.18 Å². The van der Waals surface area contributed by atoms with Crippen LogP contribution in [0.5, 0.6) is 0 Å². The van der Waals surface area contributed by atoms with E-state index in [4.69, 9.17) is 0 Å². The number of ether oxygens (including phenoxy) is 1. The summed E-state index contributed by atoms with van der Waals surface area (Å²) < 4.78 is 17.8. The van der Waals surface area contributed by atoms with Crippen LogP contribution in [0, 0.1) is 5.82 Å². The third-order valence-electron chi connectivity index (χ3n) is 1.47. The molecular weight excluding hydrogens is 271 g/mol. The average molecular weight is 279 g/mol. The first-order valence-electron chi connectivity index (χ1n) is 3.78. The number of hydrogen-bond donors (Lipinski definition) is 0. The molecule has 76 valence electrons. The highest BCUT2D eigenvalue weighted by atomic mass is 79.9. The van der Waals surface area contributed by atoms with E-state index < -0.39 is 0 Å². The van der Waals surface area contributed by atoms with Crippen molar-refractivity contribution in [3.63, 3.8) is 0 Å². The van der Waals surface area contributed by atoms with Gasteiger partial charge in [0, 0.05) is 9.37 Å². The Morgan fingerprint density at radius 2 is 2.36 bits per heavy atom. The smallest absolute Gasteiger partial charge is 0.315 e. The molecule has 0 spiro atoms. The van der Waals surface area contributed by atoms with Crippen LogP contribution >= 0.6 is 27.7 Å². The van der Waals surface area contributed by atoms with Crippen LogP contribution in [-0.4, -0.2) is 18.8 Å². The summed E-state index contributed by atoms with van der Waals surface area (Å²) in [7, 11) is 1.34. The van der Waals surface area contributed by atoms with Gasteiger partial charge in [0.1, 0.15) is 5.82 Å². The number of thioether (sulfide) groups is 1. The molecule has 0 bridgehead atoms. The summed E-state index contributed by atoms with van der Waals surface area (Å²) in [6.07, 6.45) is 0. The molecule has 0 radical (unpaired) electrons. The van der Waals surface area contributed by atoms with E-state index in [-0.39, 0.29) is 17.5 Å². The molecule has 1 aromatic carbocycles. The summed E-state index contributed by atoms with van der Waals surface area (Å²) in [5.74, 6) is -0.383. The van der Waals surface area contributed by atoms with Gasteiger partial charge in [0.2, 0.25) is 0 Å².